The van der Waals surface area contributed by atoms with E-state index in [4.69, 9.17) is 0 Å². The Labute approximate surface area is 167 Å². The molecular weight excluding hydrogens is 354 g/mol. The summed E-state index contributed by atoms with van der Waals surface area (Å²) in [6, 6.07) is 8.26. The molecule has 1 aromatic carbocycles. The van der Waals surface area contributed by atoms with E-state index in [-0.39, 0.29) is 24.4 Å². The normalized spacial score (nSPS) is 19.4. The van der Waals surface area contributed by atoms with Crippen molar-refractivity contribution >= 4 is 23.5 Å². The van der Waals surface area contributed by atoms with Crippen molar-refractivity contribution in [2.75, 3.05) is 37.6 Å². The molecule has 0 aliphatic carbocycles. The van der Waals surface area contributed by atoms with E-state index in [9.17, 15) is 9.59 Å². The van der Waals surface area contributed by atoms with Crippen LogP contribution in [0.25, 0.3) is 0 Å². The zero-order chi connectivity index (χ0) is 19.9. The average Bonchev–Trinajstić information content (AvgIpc) is 3.19. The average molecular weight is 386 g/mol. The number of hydrogen-bond donors (Lipinski definition) is 2. The number of likely N-dealkylation sites (tertiary alicyclic amines) is 1. The Kier molecular flexibility index (Phi) is 6.90. The molecule has 2 aliphatic rings. The third-order valence-corrected chi connectivity index (χ3v) is 5.31. The number of aliphatic imine (C=N–C) groups is 1. The molecular formula is C21H31N5O2. The van der Waals surface area contributed by atoms with E-state index < -0.39 is 0 Å². The zero-order valence-electron chi connectivity index (χ0n) is 16.9. The van der Waals surface area contributed by atoms with Gasteiger partial charge in [0, 0.05) is 44.3 Å². The fraction of sp³-hybridized carbons (Fsp3) is 0.571. The highest BCUT2D eigenvalue weighted by molar-refractivity contribution is 5.97. The van der Waals surface area contributed by atoms with Crippen LogP contribution in [0, 0.1) is 0 Å². The van der Waals surface area contributed by atoms with E-state index in [0.29, 0.717) is 18.9 Å². The van der Waals surface area contributed by atoms with Crippen molar-refractivity contribution in [3.05, 3.63) is 29.8 Å². The van der Waals surface area contributed by atoms with Gasteiger partial charge in [-0.05, 0) is 37.8 Å². The number of anilines is 1. The van der Waals surface area contributed by atoms with Crippen molar-refractivity contribution in [3.63, 3.8) is 0 Å². The summed E-state index contributed by atoms with van der Waals surface area (Å²) in [5.74, 6) is 0.834. The van der Waals surface area contributed by atoms with E-state index in [1.165, 1.54) is 5.56 Å². The smallest absolute Gasteiger partial charge is 0.248 e. The number of benzene rings is 1. The summed E-state index contributed by atoms with van der Waals surface area (Å²) >= 11 is 0. The molecule has 2 N–H and O–H groups in total. The molecule has 152 valence electrons. The van der Waals surface area contributed by atoms with Crippen LogP contribution in [0.5, 0.6) is 0 Å². The summed E-state index contributed by atoms with van der Waals surface area (Å²) < 4.78 is 0. The molecule has 1 saturated heterocycles. The zero-order valence-corrected chi connectivity index (χ0v) is 16.9. The van der Waals surface area contributed by atoms with Crippen LogP contribution in [0.1, 0.15) is 38.7 Å². The Balaban J connectivity index is 1.60. The highest BCUT2D eigenvalue weighted by Crippen LogP contribution is 2.26. The second-order valence-corrected chi connectivity index (χ2v) is 7.30. The topological polar surface area (TPSA) is 77.0 Å². The molecule has 28 heavy (non-hydrogen) atoms. The fourth-order valence-corrected chi connectivity index (χ4v) is 3.87. The van der Waals surface area contributed by atoms with E-state index in [1.54, 1.807) is 0 Å². The SMILES string of the molecule is CCNC(=NCC(=O)N1CCCc2ccccc21)NC1CCN(C(=O)CC)C1. The number of hydrogen-bond acceptors (Lipinski definition) is 3. The molecule has 7 heteroatoms. The van der Waals surface area contributed by atoms with Crippen molar-refractivity contribution in [2.45, 2.75) is 45.6 Å². The number of amides is 2. The molecule has 2 aliphatic heterocycles. The van der Waals surface area contributed by atoms with E-state index in [0.717, 1.165) is 44.6 Å². The van der Waals surface area contributed by atoms with Gasteiger partial charge in [0.25, 0.3) is 0 Å². The number of carbonyl (C=O) groups excluding carboxylic acids is 2. The van der Waals surface area contributed by atoms with Gasteiger partial charge in [-0.25, -0.2) is 4.99 Å². The van der Waals surface area contributed by atoms with E-state index in [2.05, 4.69) is 21.7 Å². The monoisotopic (exact) mass is 385 g/mol. The molecule has 0 aromatic heterocycles. The van der Waals surface area contributed by atoms with Crippen LogP contribution in [0.15, 0.2) is 29.3 Å². The third kappa shape index (κ3) is 4.82. The minimum atomic E-state index is 0.0126. The van der Waals surface area contributed by atoms with Crippen molar-refractivity contribution < 1.29 is 9.59 Å². The quantitative estimate of drug-likeness (QED) is 0.595. The van der Waals surface area contributed by atoms with Crippen molar-refractivity contribution in [1.82, 2.24) is 15.5 Å². The summed E-state index contributed by atoms with van der Waals surface area (Å²) in [6.07, 6.45) is 3.42. The van der Waals surface area contributed by atoms with Gasteiger partial charge in [0.05, 0.1) is 0 Å². The molecule has 1 unspecified atom stereocenters. The number of aryl methyl sites for hydroxylation is 1. The number of nitrogens with one attached hydrogen (secondary N) is 2. The second kappa shape index (κ2) is 9.57. The van der Waals surface area contributed by atoms with E-state index in [1.807, 2.05) is 41.8 Å². The molecule has 7 nitrogen and oxygen atoms in total. The summed E-state index contributed by atoms with van der Waals surface area (Å²) in [6.45, 7) is 6.91. The van der Waals surface area contributed by atoms with Gasteiger partial charge in [-0.2, -0.15) is 0 Å². The van der Waals surface area contributed by atoms with Crippen LogP contribution < -0.4 is 15.5 Å². The first kappa shape index (κ1) is 20.2. The van der Waals surface area contributed by atoms with Gasteiger partial charge < -0.3 is 20.4 Å². The minimum Gasteiger partial charge on any atom is -0.357 e. The van der Waals surface area contributed by atoms with Crippen molar-refractivity contribution in [2.24, 2.45) is 4.99 Å². The van der Waals surface area contributed by atoms with Crippen LogP contribution in [-0.4, -0.2) is 61.4 Å². The number of fused-ring (bicyclic) bond motifs is 1. The second-order valence-electron chi connectivity index (χ2n) is 7.30. The maximum atomic E-state index is 12.8. The van der Waals surface area contributed by atoms with Gasteiger partial charge in [0.1, 0.15) is 6.54 Å². The fourth-order valence-electron chi connectivity index (χ4n) is 3.87. The Morgan fingerprint density at radius 3 is 2.79 bits per heavy atom. The predicted octanol–water partition coefficient (Wildman–Crippen LogP) is 1.53. The lowest BCUT2D eigenvalue weighted by atomic mass is 10.0. The number of nitrogens with zero attached hydrogens (tertiary/aromatic N) is 3. The first-order chi connectivity index (χ1) is 13.6. The van der Waals surface area contributed by atoms with Gasteiger partial charge in [-0.3, -0.25) is 9.59 Å². The highest BCUT2D eigenvalue weighted by atomic mass is 16.2. The first-order valence-electron chi connectivity index (χ1n) is 10.3. The molecule has 2 heterocycles. The number of guanidine groups is 1. The molecule has 3 rings (SSSR count). The molecule has 2 amide bonds. The van der Waals surface area contributed by atoms with Crippen LogP contribution in [0.2, 0.25) is 0 Å². The lowest BCUT2D eigenvalue weighted by molar-refractivity contribution is -0.129. The van der Waals surface area contributed by atoms with Crippen LogP contribution in [0.3, 0.4) is 0 Å². The number of para-hydroxylation sites is 1. The summed E-state index contributed by atoms with van der Waals surface area (Å²) in [4.78, 5) is 32.9. The standard InChI is InChI=1S/C21H31N5O2/c1-3-19(27)25-13-11-17(15-25)24-21(22-4-2)23-14-20(28)26-12-7-9-16-8-5-6-10-18(16)26/h5-6,8,10,17H,3-4,7,9,11-15H2,1-2H3,(H2,22,23,24). The van der Waals surface area contributed by atoms with Gasteiger partial charge >= 0.3 is 0 Å². The van der Waals surface area contributed by atoms with Crippen molar-refractivity contribution in [1.29, 1.82) is 0 Å². The predicted molar refractivity (Wildman–Crippen MR) is 112 cm³/mol. The Hall–Kier alpha value is -2.57. The maximum absolute atomic E-state index is 12.8. The molecule has 0 spiro atoms. The number of carbonyl (C=O) groups is 2. The molecule has 0 radical (unpaired) electrons. The van der Waals surface area contributed by atoms with Crippen LogP contribution in [-0.2, 0) is 16.0 Å². The van der Waals surface area contributed by atoms with Gasteiger partial charge in [0.15, 0.2) is 5.96 Å². The highest BCUT2D eigenvalue weighted by Gasteiger charge is 2.26. The van der Waals surface area contributed by atoms with E-state index >= 15 is 0 Å². The Bertz CT molecular complexity index is 733. The number of rotatable bonds is 5. The van der Waals surface area contributed by atoms with Crippen LogP contribution >= 0.6 is 0 Å². The summed E-state index contributed by atoms with van der Waals surface area (Å²) in [5.41, 5.74) is 2.24. The maximum Gasteiger partial charge on any atom is 0.248 e. The van der Waals surface area contributed by atoms with Gasteiger partial charge in [-0.15, -0.1) is 0 Å². The molecule has 1 atom stereocenters. The summed E-state index contributed by atoms with van der Waals surface area (Å²) in [7, 11) is 0. The molecule has 0 saturated carbocycles. The Morgan fingerprint density at radius 1 is 1.18 bits per heavy atom. The van der Waals surface area contributed by atoms with Crippen molar-refractivity contribution in [3.8, 4) is 0 Å². The van der Waals surface area contributed by atoms with Gasteiger partial charge in [0.2, 0.25) is 11.8 Å². The van der Waals surface area contributed by atoms with Crippen LogP contribution in [0.4, 0.5) is 5.69 Å². The molecule has 0 bridgehead atoms. The van der Waals surface area contributed by atoms with Gasteiger partial charge in [-0.1, -0.05) is 25.1 Å². The largest absolute Gasteiger partial charge is 0.357 e. The first-order valence-corrected chi connectivity index (χ1v) is 10.3. The molecule has 1 fully saturated rings. The summed E-state index contributed by atoms with van der Waals surface area (Å²) in [5, 5.41) is 6.59. The molecule has 1 aromatic rings. The lowest BCUT2D eigenvalue weighted by Crippen LogP contribution is -2.46. The minimum absolute atomic E-state index is 0.0126. The third-order valence-electron chi connectivity index (χ3n) is 5.31. The Morgan fingerprint density at radius 2 is 2.00 bits per heavy atom. The lowest BCUT2D eigenvalue weighted by Gasteiger charge is -2.29.